The zero-order valence-electron chi connectivity index (χ0n) is 10.7. The normalized spacial score (nSPS) is 10.0. The molecule has 1 aromatic carbocycles. The lowest BCUT2D eigenvalue weighted by Gasteiger charge is -2.08. The van der Waals surface area contributed by atoms with Crippen molar-refractivity contribution >= 4 is 27.7 Å². The number of carbonyl (C=O) groups is 2. The van der Waals surface area contributed by atoms with Crippen molar-refractivity contribution in [3.8, 4) is 5.75 Å². The Balaban J connectivity index is 1.76. The number of hydrogen-bond donors (Lipinski definition) is 3. The first-order chi connectivity index (χ1) is 10.0. The average molecular weight is 356 g/mol. The Morgan fingerprint density at radius 3 is 2.76 bits per heavy atom. The fourth-order valence-electron chi connectivity index (χ4n) is 1.43. The lowest BCUT2D eigenvalue weighted by atomic mass is 10.3. The molecule has 0 aliphatic carbocycles. The molecule has 6 nitrogen and oxygen atoms in total. The zero-order valence-corrected chi connectivity index (χ0v) is 12.2. The topological polar surface area (TPSA) is 83.2 Å². The molecule has 0 bridgehead atoms. The molecule has 3 N–H and O–H groups in total. The standard InChI is InChI=1S/C13H11BrFN3O3/c14-8-4-11(16-6-8)13(20)18-17-12(19)7-21-10-3-1-2-9(15)5-10/h1-6,16H,7H2,(H,17,19)(H,18,20). The van der Waals surface area contributed by atoms with E-state index in [1.54, 1.807) is 12.3 Å². The van der Waals surface area contributed by atoms with Gasteiger partial charge in [-0.3, -0.25) is 20.4 Å². The highest BCUT2D eigenvalue weighted by Gasteiger charge is 2.09. The Kier molecular flexibility index (Phi) is 4.94. The highest BCUT2D eigenvalue weighted by Crippen LogP contribution is 2.11. The fraction of sp³-hybridized carbons (Fsp3) is 0.0769. The van der Waals surface area contributed by atoms with Crippen LogP contribution in [0.2, 0.25) is 0 Å². The summed E-state index contributed by atoms with van der Waals surface area (Å²) in [4.78, 5) is 25.8. The van der Waals surface area contributed by atoms with E-state index in [0.717, 1.165) is 6.07 Å². The van der Waals surface area contributed by atoms with Crippen LogP contribution in [0.3, 0.4) is 0 Å². The predicted molar refractivity (Wildman–Crippen MR) is 76.0 cm³/mol. The SMILES string of the molecule is O=C(COc1cccc(F)c1)NNC(=O)c1cc(Br)c[nH]1. The average Bonchev–Trinajstić information content (AvgIpc) is 2.89. The Hall–Kier alpha value is -2.35. The number of halogens is 2. The molecule has 0 spiro atoms. The minimum Gasteiger partial charge on any atom is -0.484 e. The van der Waals surface area contributed by atoms with Gasteiger partial charge in [-0.2, -0.15) is 0 Å². The molecule has 0 saturated carbocycles. The summed E-state index contributed by atoms with van der Waals surface area (Å²) in [6.45, 7) is -0.349. The van der Waals surface area contributed by atoms with Crippen LogP contribution in [-0.2, 0) is 4.79 Å². The Morgan fingerprint density at radius 2 is 2.10 bits per heavy atom. The number of hydrogen-bond acceptors (Lipinski definition) is 3. The van der Waals surface area contributed by atoms with Gasteiger partial charge < -0.3 is 9.72 Å². The Labute approximate surface area is 127 Å². The predicted octanol–water partition coefficient (Wildman–Crippen LogP) is 1.76. The number of rotatable bonds is 4. The van der Waals surface area contributed by atoms with Crippen molar-refractivity contribution in [2.45, 2.75) is 0 Å². The second kappa shape index (κ2) is 6.89. The van der Waals surface area contributed by atoms with Gasteiger partial charge >= 0.3 is 0 Å². The van der Waals surface area contributed by atoms with Gasteiger partial charge in [-0.25, -0.2) is 4.39 Å². The van der Waals surface area contributed by atoms with Crippen molar-refractivity contribution in [2.24, 2.45) is 0 Å². The number of benzene rings is 1. The van der Waals surface area contributed by atoms with E-state index in [9.17, 15) is 14.0 Å². The first kappa shape index (κ1) is 15.0. The Morgan fingerprint density at radius 1 is 1.29 bits per heavy atom. The largest absolute Gasteiger partial charge is 0.484 e. The van der Waals surface area contributed by atoms with Crippen LogP contribution in [0.15, 0.2) is 41.0 Å². The van der Waals surface area contributed by atoms with Crippen LogP contribution in [0.4, 0.5) is 4.39 Å². The second-order valence-electron chi connectivity index (χ2n) is 3.98. The molecule has 0 fully saturated rings. The van der Waals surface area contributed by atoms with E-state index < -0.39 is 17.6 Å². The van der Waals surface area contributed by atoms with Crippen molar-refractivity contribution in [1.29, 1.82) is 0 Å². The third kappa shape index (κ3) is 4.60. The van der Waals surface area contributed by atoms with Crippen LogP contribution in [-0.4, -0.2) is 23.4 Å². The van der Waals surface area contributed by atoms with Crippen LogP contribution in [0.1, 0.15) is 10.5 Å². The number of aromatic amines is 1. The van der Waals surface area contributed by atoms with Gasteiger partial charge in [0.25, 0.3) is 11.8 Å². The number of hydrazine groups is 1. The molecule has 21 heavy (non-hydrogen) atoms. The van der Waals surface area contributed by atoms with Gasteiger partial charge in [-0.1, -0.05) is 6.07 Å². The van der Waals surface area contributed by atoms with E-state index in [1.165, 1.54) is 18.2 Å². The molecule has 0 saturated heterocycles. The summed E-state index contributed by atoms with van der Waals surface area (Å²) in [5, 5.41) is 0. The van der Waals surface area contributed by atoms with Crippen LogP contribution >= 0.6 is 15.9 Å². The van der Waals surface area contributed by atoms with Crippen LogP contribution < -0.4 is 15.6 Å². The van der Waals surface area contributed by atoms with Gasteiger partial charge in [0, 0.05) is 16.7 Å². The first-order valence-electron chi connectivity index (χ1n) is 5.86. The molecule has 2 amide bonds. The molecule has 1 aromatic heterocycles. The van der Waals surface area contributed by atoms with Gasteiger partial charge in [0.15, 0.2) is 6.61 Å². The lowest BCUT2D eigenvalue weighted by Crippen LogP contribution is -2.43. The fourth-order valence-corrected chi connectivity index (χ4v) is 1.78. The maximum Gasteiger partial charge on any atom is 0.286 e. The van der Waals surface area contributed by atoms with Gasteiger partial charge in [0.1, 0.15) is 17.3 Å². The van der Waals surface area contributed by atoms with Crippen molar-refractivity contribution in [1.82, 2.24) is 15.8 Å². The monoisotopic (exact) mass is 355 g/mol. The Bertz CT molecular complexity index is 660. The van der Waals surface area contributed by atoms with Crippen LogP contribution in [0, 0.1) is 5.82 Å². The smallest absolute Gasteiger partial charge is 0.286 e. The van der Waals surface area contributed by atoms with E-state index in [2.05, 4.69) is 31.8 Å². The summed E-state index contributed by atoms with van der Waals surface area (Å²) in [6.07, 6.45) is 1.59. The van der Waals surface area contributed by atoms with E-state index in [4.69, 9.17) is 4.74 Å². The summed E-state index contributed by atoms with van der Waals surface area (Å²) in [5.74, 6) is -1.30. The molecule has 0 unspecified atom stereocenters. The van der Waals surface area contributed by atoms with Gasteiger partial charge in [0.2, 0.25) is 0 Å². The van der Waals surface area contributed by atoms with Crippen LogP contribution in [0.25, 0.3) is 0 Å². The molecule has 8 heteroatoms. The molecule has 110 valence electrons. The first-order valence-corrected chi connectivity index (χ1v) is 6.65. The molecular weight excluding hydrogens is 345 g/mol. The van der Waals surface area contributed by atoms with Gasteiger partial charge in [-0.15, -0.1) is 0 Å². The summed E-state index contributed by atoms with van der Waals surface area (Å²) in [5.41, 5.74) is 4.68. The minimum atomic E-state index is -0.571. The molecule has 2 aromatic rings. The van der Waals surface area contributed by atoms with E-state index in [0.29, 0.717) is 4.47 Å². The highest BCUT2D eigenvalue weighted by atomic mass is 79.9. The van der Waals surface area contributed by atoms with Crippen molar-refractivity contribution in [2.75, 3.05) is 6.61 Å². The summed E-state index contributed by atoms with van der Waals surface area (Å²) < 4.78 is 18.7. The van der Waals surface area contributed by atoms with Gasteiger partial charge in [0.05, 0.1) is 0 Å². The van der Waals surface area contributed by atoms with Gasteiger partial charge in [-0.05, 0) is 34.1 Å². The summed E-state index contributed by atoms with van der Waals surface area (Å²) in [7, 11) is 0. The second-order valence-corrected chi connectivity index (χ2v) is 4.90. The number of amides is 2. The molecule has 1 heterocycles. The number of nitrogens with one attached hydrogen (secondary N) is 3. The van der Waals surface area contributed by atoms with Crippen molar-refractivity contribution in [3.05, 3.63) is 52.5 Å². The number of H-pyrrole nitrogens is 1. The third-order valence-corrected chi connectivity index (χ3v) is 2.83. The van der Waals surface area contributed by atoms with E-state index in [1.807, 2.05) is 0 Å². The lowest BCUT2D eigenvalue weighted by molar-refractivity contribution is -0.123. The van der Waals surface area contributed by atoms with Crippen LogP contribution in [0.5, 0.6) is 5.75 Å². The molecule has 0 aliphatic rings. The quantitative estimate of drug-likeness (QED) is 0.730. The maximum absolute atomic E-state index is 12.9. The van der Waals surface area contributed by atoms with Crippen molar-refractivity contribution < 1.29 is 18.7 Å². The number of aromatic nitrogens is 1. The third-order valence-electron chi connectivity index (χ3n) is 2.37. The molecule has 0 aliphatic heterocycles. The molecular formula is C13H11BrFN3O3. The molecule has 0 radical (unpaired) electrons. The number of ether oxygens (including phenoxy) is 1. The molecule has 0 atom stereocenters. The number of carbonyl (C=O) groups excluding carboxylic acids is 2. The minimum absolute atomic E-state index is 0.227. The maximum atomic E-state index is 12.9. The van der Waals surface area contributed by atoms with E-state index in [-0.39, 0.29) is 18.1 Å². The zero-order chi connectivity index (χ0) is 15.2. The van der Waals surface area contributed by atoms with E-state index >= 15 is 0 Å². The molecule has 2 rings (SSSR count). The van der Waals surface area contributed by atoms with Crippen molar-refractivity contribution in [3.63, 3.8) is 0 Å². The summed E-state index contributed by atoms with van der Waals surface area (Å²) >= 11 is 3.19. The highest BCUT2D eigenvalue weighted by molar-refractivity contribution is 9.10. The summed E-state index contributed by atoms with van der Waals surface area (Å²) in [6, 6.07) is 6.97.